The number of nitrogens with one attached hydrogen (secondary N) is 1. The highest BCUT2D eigenvalue weighted by Crippen LogP contribution is 2.25. The number of nitrogens with two attached hydrogens (primary N) is 1. The number of likely N-dealkylation sites (N-methyl/N-ethyl adjacent to an activating group) is 1. The summed E-state index contributed by atoms with van der Waals surface area (Å²) in [7, 11) is 0. The van der Waals surface area contributed by atoms with Crippen molar-refractivity contribution >= 4 is 11.6 Å². The van der Waals surface area contributed by atoms with E-state index in [2.05, 4.69) is 16.3 Å². The third kappa shape index (κ3) is 2.48. The molecule has 1 aliphatic heterocycles. The molecule has 98 valence electrons. The molecule has 1 aromatic carbocycles. The number of nitrogens with zero attached hydrogens (tertiary/aromatic N) is 1. The van der Waals surface area contributed by atoms with Crippen molar-refractivity contribution in [2.24, 2.45) is 0 Å². The normalized spacial score (nSPS) is 17.0. The van der Waals surface area contributed by atoms with Gasteiger partial charge in [-0.15, -0.1) is 0 Å². The van der Waals surface area contributed by atoms with Crippen LogP contribution in [0.15, 0.2) is 18.2 Å². The van der Waals surface area contributed by atoms with Crippen LogP contribution in [0.1, 0.15) is 25.0 Å². The zero-order valence-corrected chi connectivity index (χ0v) is 11.1. The van der Waals surface area contributed by atoms with Gasteiger partial charge in [-0.05, 0) is 37.5 Å². The molecule has 0 bridgehead atoms. The van der Waals surface area contributed by atoms with Gasteiger partial charge in [0.1, 0.15) is 0 Å². The number of rotatable bonds is 3. The van der Waals surface area contributed by atoms with Crippen molar-refractivity contribution in [3.05, 3.63) is 29.3 Å². The number of amides is 1. The van der Waals surface area contributed by atoms with E-state index in [0.29, 0.717) is 6.54 Å². The minimum absolute atomic E-state index is 0.0838. The zero-order chi connectivity index (χ0) is 13.1. The number of hydrogen-bond donors (Lipinski definition) is 2. The predicted octanol–water partition coefficient (Wildman–Crippen LogP) is 1.15. The topological polar surface area (TPSA) is 58.4 Å². The number of fused-ring (bicyclic) bond motifs is 1. The highest BCUT2D eigenvalue weighted by molar-refractivity contribution is 5.81. The fraction of sp³-hybridized carbons (Fsp3) is 0.500. The van der Waals surface area contributed by atoms with Crippen molar-refractivity contribution < 1.29 is 4.79 Å². The molecular weight excluding hydrogens is 226 g/mol. The van der Waals surface area contributed by atoms with E-state index in [0.717, 1.165) is 25.2 Å². The second kappa shape index (κ2) is 5.40. The Balaban J connectivity index is 2.10. The summed E-state index contributed by atoms with van der Waals surface area (Å²) in [6.45, 7) is 6.28. The second-order valence-electron chi connectivity index (χ2n) is 4.78. The molecule has 0 spiro atoms. The first-order valence-corrected chi connectivity index (χ1v) is 6.51. The van der Waals surface area contributed by atoms with Gasteiger partial charge >= 0.3 is 0 Å². The Bertz CT molecular complexity index is 445. The number of nitrogen functional groups attached to an aromatic ring is 1. The summed E-state index contributed by atoms with van der Waals surface area (Å²) in [6.07, 6.45) is 0.922. The standard InChI is InChI=1S/C14H21N3O/c1-3-16-14(18)10(2)17-8-7-12-11(9-17)5-4-6-13(12)15/h4-6,10H,3,7-9,15H2,1-2H3,(H,16,18). The first kappa shape index (κ1) is 12.9. The van der Waals surface area contributed by atoms with Gasteiger partial charge in [0.2, 0.25) is 5.91 Å². The van der Waals surface area contributed by atoms with Crippen molar-refractivity contribution in [1.82, 2.24) is 10.2 Å². The number of hydrogen-bond acceptors (Lipinski definition) is 3. The van der Waals surface area contributed by atoms with Crippen LogP contribution in [0.3, 0.4) is 0 Å². The van der Waals surface area contributed by atoms with Crippen molar-refractivity contribution in [2.75, 3.05) is 18.8 Å². The van der Waals surface area contributed by atoms with Crippen molar-refractivity contribution in [3.63, 3.8) is 0 Å². The first-order chi connectivity index (χ1) is 8.63. The summed E-state index contributed by atoms with van der Waals surface area (Å²) in [6, 6.07) is 5.94. The molecule has 18 heavy (non-hydrogen) atoms. The molecule has 1 heterocycles. The van der Waals surface area contributed by atoms with E-state index in [4.69, 9.17) is 5.73 Å². The molecule has 0 aliphatic carbocycles. The molecule has 3 N–H and O–H groups in total. The maximum absolute atomic E-state index is 11.8. The minimum Gasteiger partial charge on any atom is -0.398 e. The van der Waals surface area contributed by atoms with Crippen LogP contribution in [0, 0.1) is 0 Å². The fourth-order valence-electron chi connectivity index (χ4n) is 2.48. The van der Waals surface area contributed by atoms with Crippen molar-refractivity contribution in [1.29, 1.82) is 0 Å². The molecule has 1 aromatic rings. The third-order valence-electron chi connectivity index (χ3n) is 3.61. The SMILES string of the molecule is CCNC(=O)C(C)N1CCc2c(N)cccc2C1. The number of carbonyl (C=O) groups is 1. The van der Waals surface area contributed by atoms with E-state index in [1.54, 1.807) is 0 Å². The molecule has 4 nitrogen and oxygen atoms in total. The number of carbonyl (C=O) groups excluding carboxylic acids is 1. The first-order valence-electron chi connectivity index (χ1n) is 6.51. The van der Waals surface area contributed by atoms with Crippen LogP contribution in [0.5, 0.6) is 0 Å². The number of benzene rings is 1. The average Bonchev–Trinajstić information content (AvgIpc) is 2.38. The van der Waals surface area contributed by atoms with Crippen molar-refractivity contribution in [3.8, 4) is 0 Å². The average molecular weight is 247 g/mol. The van der Waals surface area contributed by atoms with E-state index in [1.165, 1.54) is 11.1 Å². The van der Waals surface area contributed by atoms with Gasteiger partial charge in [-0.3, -0.25) is 9.69 Å². The molecule has 0 saturated heterocycles. The Morgan fingerprint density at radius 2 is 2.33 bits per heavy atom. The van der Waals surface area contributed by atoms with Gasteiger partial charge in [0.25, 0.3) is 0 Å². The molecule has 0 fully saturated rings. The van der Waals surface area contributed by atoms with Crippen LogP contribution in [0.4, 0.5) is 5.69 Å². The maximum Gasteiger partial charge on any atom is 0.237 e. The Hall–Kier alpha value is -1.55. The molecule has 1 amide bonds. The van der Waals surface area contributed by atoms with E-state index < -0.39 is 0 Å². The van der Waals surface area contributed by atoms with Crippen LogP contribution in [0.2, 0.25) is 0 Å². The lowest BCUT2D eigenvalue weighted by atomic mass is 9.97. The molecular formula is C14H21N3O. The lowest BCUT2D eigenvalue weighted by molar-refractivity contribution is -0.126. The molecule has 1 atom stereocenters. The largest absolute Gasteiger partial charge is 0.398 e. The zero-order valence-electron chi connectivity index (χ0n) is 11.1. The van der Waals surface area contributed by atoms with Crippen LogP contribution in [-0.4, -0.2) is 29.9 Å². The molecule has 0 saturated carbocycles. The summed E-state index contributed by atoms with van der Waals surface area (Å²) in [5.74, 6) is 0.102. The van der Waals surface area contributed by atoms with Gasteiger partial charge in [0.05, 0.1) is 6.04 Å². The lowest BCUT2D eigenvalue weighted by Crippen LogP contribution is -2.47. The highest BCUT2D eigenvalue weighted by Gasteiger charge is 2.25. The summed E-state index contributed by atoms with van der Waals surface area (Å²) < 4.78 is 0. The van der Waals surface area contributed by atoms with E-state index >= 15 is 0 Å². The molecule has 4 heteroatoms. The predicted molar refractivity (Wildman–Crippen MR) is 73.1 cm³/mol. The summed E-state index contributed by atoms with van der Waals surface area (Å²) in [4.78, 5) is 14.0. The van der Waals surface area contributed by atoms with E-state index in [-0.39, 0.29) is 11.9 Å². The molecule has 2 rings (SSSR count). The number of anilines is 1. The molecule has 1 unspecified atom stereocenters. The summed E-state index contributed by atoms with van der Waals surface area (Å²) >= 11 is 0. The molecule has 1 aliphatic rings. The van der Waals surface area contributed by atoms with Gasteiger partial charge in [-0.2, -0.15) is 0 Å². The minimum atomic E-state index is -0.0838. The van der Waals surface area contributed by atoms with Gasteiger partial charge in [-0.1, -0.05) is 12.1 Å². The highest BCUT2D eigenvalue weighted by atomic mass is 16.2. The van der Waals surface area contributed by atoms with Gasteiger partial charge in [-0.25, -0.2) is 0 Å². The van der Waals surface area contributed by atoms with E-state index in [1.807, 2.05) is 26.0 Å². The molecule has 0 aromatic heterocycles. The second-order valence-corrected chi connectivity index (χ2v) is 4.78. The molecule has 0 radical (unpaired) electrons. The van der Waals surface area contributed by atoms with Gasteiger partial charge in [0.15, 0.2) is 0 Å². The smallest absolute Gasteiger partial charge is 0.237 e. The van der Waals surface area contributed by atoms with Gasteiger partial charge in [0, 0.05) is 25.3 Å². The van der Waals surface area contributed by atoms with Crippen LogP contribution < -0.4 is 11.1 Å². The van der Waals surface area contributed by atoms with Crippen LogP contribution in [-0.2, 0) is 17.8 Å². The van der Waals surface area contributed by atoms with Crippen molar-refractivity contribution in [2.45, 2.75) is 32.9 Å². The quantitative estimate of drug-likeness (QED) is 0.788. The van der Waals surface area contributed by atoms with Crippen LogP contribution >= 0.6 is 0 Å². The monoisotopic (exact) mass is 247 g/mol. The third-order valence-corrected chi connectivity index (χ3v) is 3.61. The summed E-state index contributed by atoms with van der Waals surface area (Å²) in [5.41, 5.74) is 9.34. The van der Waals surface area contributed by atoms with Crippen LogP contribution in [0.25, 0.3) is 0 Å². The fourth-order valence-corrected chi connectivity index (χ4v) is 2.48. The Kier molecular flexibility index (Phi) is 3.87. The Morgan fingerprint density at radius 3 is 3.06 bits per heavy atom. The summed E-state index contributed by atoms with van der Waals surface area (Å²) in [5, 5.41) is 2.87. The van der Waals surface area contributed by atoms with Gasteiger partial charge < -0.3 is 11.1 Å². The Morgan fingerprint density at radius 1 is 1.56 bits per heavy atom. The maximum atomic E-state index is 11.8. The lowest BCUT2D eigenvalue weighted by Gasteiger charge is -2.33. The Labute approximate surface area is 108 Å². The van der Waals surface area contributed by atoms with E-state index in [9.17, 15) is 4.79 Å².